The number of aliphatic hydroxyl groups excluding tert-OH is 1. The number of rotatable bonds is 5. The predicted molar refractivity (Wildman–Crippen MR) is 76.8 cm³/mol. The van der Waals surface area contributed by atoms with E-state index in [-0.39, 0.29) is 5.69 Å². The molecule has 6 heteroatoms. The van der Waals surface area contributed by atoms with Gasteiger partial charge in [-0.25, -0.2) is 0 Å². The van der Waals surface area contributed by atoms with Crippen LogP contribution in [0.5, 0.6) is 17.2 Å². The van der Waals surface area contributed by atoms with E-state index in [9.17, 15) is 15.2 Å². The van der Waals surface area contributed by atoms with Crippen molar-refractivity contribution in [1.29, 1.82) is 0 Å². The molecule has 0 heterocycles. The molecule has 0 saturated heterocycles. The Morgan fingerprint density at radius 1 is 1.19 bits per heavy atom. The van der Waals surface area contributed by atoms with Crippen LogP contribution < -0.4 is 9.47 Å². The predicted octanol–water partition coefficient (Wildman–Crippen LogP) is 3.45. The number of methoxy groups -OCH3 is 1. The second-order valence-electron chi connectivity index (χ2n) is 4.40. The summed E-state index contributed by atoms with van der Waals surface area (Å²) >= 11 is 0. The van der Waals surface area contributed by atoms with Crippen molar-refractivity contribution < 1.29 is 19.5 Å². The van der Waals surface area contributed by atoms with Crippen molar-refractivity contribution in [3.8, 4) is 17.2 Å². The molecule has 2 aromatic rings. The van der Waals surface area contributed by atoms with Gasteiger partial charge in [-0.1, -0.05) is 12.1 Å². The van der Waals surface area contributed by atoms with E-state index in [0.29, 0.717) is 22.8 Å². The number of hydrogen-bond acceptors (Lipinski definition) is 5. The monoisotopic (exact) mass is 289 g/mol. The zero-order valence-electron chi connectivity index (χ0n) is 11.6. The van der Waals surface area contributed by atoms with E-state index < -0.39 is 11.0 Å². The number of ether oxygens (including phenoxy) is 2. The van der Waals surface area contributed by atoms with E-state index in [0.717, 1.165) is 0 Å². The lowest BCUT2D eigenvalue weighted by molar-refractivity contribution is -0.384. The van der Waals surface area contributed by atoms with Gasteiger partial charge in [0.25, 0.3) is 5.69 Å². The van der Waals surface area contributed by atoms with Crippen LogP contribution in [0.3, 0.4) is 0 Å². The molecule has 21 heavy (non-hydrogen) atoms. The van der Waals surface area contributed by atoms with Crippen molar-refractivity contribution >= 4 is 5.69 Å². The third-order valence-electron chi connectivity index (χ3n) is 2.92. The summed E-state index contributed by atoms with van der Waals surface area (Å²) in [5, 5.41) is 20.6. The minimum absolute atomic E-state index is 0.0611. The molecule has 2 rings (SSSR count). The maximum Gasteiger partial charge on any atom is 0.273 e. The summed E-state index contributed by atoms with van der Waals surface area (Å²) in [7, 11) is 1.50. The van der Waals surface area contributed by atoms with Crippen LogP contribution in [0.15, 0.2) is 42.5 Å². The fourth-order valence-corrected chi connectivity index (χ4v) is 1.99. The summed E-state index contributed by atoms with van der Waals surface area (Å²) < 4.78 is 10.9. The first-order valence-corrected chi connectivity index (χ1v) is 6.30. The van der Waals surface area contributed by atoms with Gasteiger partial charge in [-0.15, -0.1) is 0 Å². The fraction of sp³-hybridized carbons (Fsp3) is 0.200. The Balaban J connectivity index is 2.40. The Morgan fingerprint density at radius 2 is 1.86 bits per heavy atom. The van der Waals surface area contributed by atoms with Crippen LogP contribution in [-0.2, 0) is 0 Å². The summed E-state index contributed by atoms with van der Waals surface area (Å²) in [6, 6.07) is 11.0. The Bertz CT molecular complexity index is 654. The van der Waals surface area contributed by atoms with Gasteiger partial charge in [-0.2, -0.15) is 0 Å². The highest BCUT2D eigenvalue weighted by Gasteiger charge is 2.16. The Labute approximate surface area is 121 Å². The lowest BCUT2D eigenvalue weighted by Crippen LogP contribution is -2.00. The lowest BCUT2D eigenvalue weighted by atomic mass is 10.1. The second-order valence-corrected chi connectivity index (χ2v) is 4.40. The first-order chi connectivity index (χ1) is 10.0. The topological polar surface area (TPSA) is 81.8 Å². The van der Waals surface area contributed by atoms with Crippen molar-refractivity contribution in [3.05, 3.63) is 58.1 Å². The first-order valence-electron chi connectivity index (χ1n) is 6.30. The number of benzene rings is 2. The van der Waals surface area contributed by atoms with Crippen LogP contribution >= 0.6 is 0 Å². The SMILES string of the molecule is COc1cccc(Oc2cccc([N+](=O)[O-])c2)c1[C@@H](C)O. The molecule has 0 unspecified atom stereocenters. The van der Waals surface area contributed by atoms with Crippen molar-refractivity contribution in [3.63, 3.8) is 0 Å². The Kier molecular flexibility index (Phi) is 4.39. The normalized spacial score (nSPS) is 11.8. The minimum Gasteiger partial charge on any atom is -0.496 e. The number of nitro groups is 1. The van der Waals surface area contributed by atoms with E-state index in [1.54, 1.807) is 31.2 Å². The van der Waals surface area contributed by atoms with Gasteiger partial charge in [-0.05, 0) is 25.1 Å². The van der Waals surface area contributed by atoms with Crippen LogP contribution in [0.2, 0.25) is 0 Å². The average Bonchev–Trinajstić information content (AvgIpc) is 2.46. The first kappa shape index (κ1) is 14.8. The molecule has 0 radical (unpaired) electrons. The fourth-order valence-electron chi connectivity index (χ4n) is 1.99. The highest BCUT2D eigenvalue weighted by atomic mass is 16.6. The molecule has 0 aliphatic heterocycles. The third kappa shape index (κ3) is 3.29. The molecule has 0 amide bonds. The molecule has 0 aliphatic rings. The van der Waals surface area contributed by atoms with Gasteiger partial charge in [0.1, 0.15) is 17.2 Å². The largest absolute Gasteiger partial charge is 0.496 e. The standard InChI is InChI=1S/C15H15NO5/c1-10(17)15-13(20-2)7-4-8-14(15)21-12-6-3-5-11(9-12)16(18)19/h3-10,17H,1-2H3/t10-/m1/s1. The number of aliphatic hydroxyl groups is 1. The van der Waals surface area contributed by atoms with Gasteiger partial charge in [-0.3, -0.25) is 10.1 Å². The van der Waals surface area contributed by atoms with E-state index in [4.69, 9.17) is 9.47 Å². The molecule has 2 aromatic carbocycles. The van der Waals surface area contributed by atoms with Gasteiger partial charge >= 0.3 is 0 Å². The van der Waals surface area contributed by atoms with E-state index in [1.165, 1.54) is 25.3 Å². The highest BCUT2D eigenvalue weighted by Crippen LogP contribution is 2.36. The maximum absolute atomic E-state index is 10.8. The molecule has 0 aromatic heterocycles. The molecule has 1 atom stereocenters. The van der Waals surface area contributed by atoms with E-state index >= 15 is 0 Å². The van der Waals surface area contributed by atoms with Gasteiger partial charge in [0.05, 0.1) is 29.8 Å². The van der Waals surface area contributed by atoms with Crippen LogP contribution in [0.4, 0.5) is 5.69 Å². The molecule has 0 bridgehead atoms. The zero-order valence-corrected chi connectivity index (χ0v) is 11.6. The average molecular weight is 289 g/mol. The molecular formula is C15H15NO5. The van der Waals surface area contributed by atoms with Crippen molar-refractivity contribution in [2.24, 2.45) is 0 Å². The molecule has 0 spiro atoms. The van der Waals surface area contributed by atoms with Crippen LogP contribution in [0.25, 0.3) is 0 Å². The van der Waals surface area contributed by atoms with Crippen LogP contribution in [0, 0.1) is 10.1 Å². The molecule has 0 aliphatic carbocycles. The van der Waals surface area contributed by atoms with Gasteiger partial charge in [0.15, 0.2) is 0 Å². The minimum atomic E-state index is -0.796. The van der Waals surface area contributed by atoms with Gasteiger partial charge in [0, 0.05) is 6.07 Å². The maximum atomic E-state index is 10.8. The summed E-state index contributed by atoms with van der Waals surface area (Å²) in [4.78, 5) is 10.3. The lowest BCUT2D eigenvalue weighted by Gasteiger charge is -2.16. The van der Waals surface area contributed by atoms with Crippen molar-refractivity contribution in [2.75, 3.05) is 7.11 Å². The summed E-state index contributed by atoms with van der Waals surface area (Å²) in [5.74, 6) is 1.21. The molecule has 6 nitrogen and oxygen atoms in total. The van der Waals surface area contributed by atoms with Crippen LogP contribution in [0.1, 0.15) is 18.6 Å². The number of nitro benzene ring substituents is 1. The van der Waals surface area contributed by atoms with Gasteiger partial charge in [0.2, 0.25) is 0 Å². The molecule has 110 valence electrons. The summed E-state index contributed by atoms with van der Waals surface area (Å²) in [5.41, 5.74) is 0.431. The highest BCUT2D eigenvalue weighted by molar-refractivity contribution is 5.49. The summed E-state index contributed by atoms with van der Waals surface area (Å²) in [6.07, 6.45) is -0.796. The van der Waals surface area contributed by atoms with Gasteiger partial charge < -0.3 is 14.6 Å². The second kappa shape index (κ2) is 6.23. The van der Waals surface area contributed by atoms with Crippen molar-refractivity contribution in [2.45, 2.75) is 13.0 Å². The zero-order chi connectivity index (χ0) is 15.4. The third-order valence-corrected chi connectivity index (χ3v) is 2.92. The summed E-state index contributed by atoms with van der Waals surface area (Å²) in [6.45, 7) is 1.60. The number of hydrogen-bond donors (Lipinski definition) is 1. The molecule has 1 N–H and O–H groups in total. The van der Waals surface area contributed by atoms with E-state index in [1.807, 2.05) is 0 Å². The quantitative estimate of drug-likeness (QED) is 0.673. The molecule has 0 fully saturated rings. The Morgan fingerprint density at radius 3 is 2.48 bits per heavy atom. The molecule has 0 saturated carbocycles. The smallest absolute Gasteiger partial charge is 0.273 e. The van der Waals surface area contributed by atoms with Crippen LogP contribution in [-0.4, -0.2) is 17.1 Å². The number of non-ortho nitro benzene ring substituents is 1. The van der Waals surface area contributed by atoms with E-state index in [2.05, 4.69) is 0 Å². The van der Waals surface area contributed by atoms with Crippen molar-refractivity contribution in [1.82, 2.24) is 0 Å². The Hall–Kier alpha value is -2.60. The number of nitrogens with zero attached hydrogens (tertiary/aromatic N) is 1. The molecular weight excluding hydrogens is 274 g/mol.